The molecule has 1 heterocycles. The van der Waals surface area contributed by atoms with Crippen LogP contribution in [0, 0.1) is 24.2 Å². The average Bonchev–Trinajstić information content (AvgIpc) is 3.05. The third kappa shape index (κ3) is 1.41. The average molecular weight is 267 g/mol. The normalized spacial score (nSPS) is 34.8. The van der Waals surface area contributed by atoms with E-state index >= 15 is 0 Å². The maximum absolute atomic E-state index is 12.9. The van der Waals surface area contributed by atoms with Crippen LogP contribution in [0.1, 0.15) is 24.8 Å². The highest BCUT2D eigenvalue weighted by atomic mass is 16.2. The SMILES string of the molecule is Cc1cccc(N2C(=O)CC3(CC4C=CC3C4)C2=O)c1. The van der Waals surface area contributed by atoms with E-state index in [0.29, 0.717) is 12.3 Å². The number of carbonyl (C=O) groups is 2. The van der Waals surface area contributed by atoms with Gasteiger partial charge in [-0.15, -0.1) is 0 Å². The maximum atomic E-state index is 12.9. The van der Waals surface area contributed by atoms with Crippen LogP contribution in [-0.4, -0.2) is 11.8 Å². The minimum atomic E-state index is -0.444. The largest absolute Gasteiger partial charge is 0.274 e. The van der Waals surface area contributed by atoms with Gasteiger partial charge in [-0.2, -0.15) is 0 Å². The molecule has 3 nitrogen and oxygen atoms in total. The summed E-state index contributed by atoms with van der Waals surface area (Å²) in [6.07, 6.45) is 6.63. The second-order valence-electron chi connectivity index (χ2n) is 6.40. The molecule has 3 unspecified atom stereocenters. The van der Waals surface area contributed by atoms with Gasteiger partial charge < -0.3 is 0 Å². The molecule has 1 aromatic carbocycles. The lowest BCUT2D eigenvalue weighted by Crippen LogP contribution is -2.38. The molecule has 1 aromatic rings. The number of hydrogen-bond acceptors (Lipinski definition) is 2. The Morgan fingerprint density at radius 2 is 2.10 bits per heavy atom. The van der Waals surface area contributed by atoms with Crippen LogP contribution in [0.15, 0.2) is 36.4 Å². The lowest BCUT2D eigenvalue weighted by molar-refractivity contribution is -0.126. The van der Waals surface area contributed by atoms with Crippen molar-refractivity contribution in [3.8, 4) is 0 Å². The van der Waals surface area contributed by atoms with E-state index in [1.807, 2.05) is 31.2 Å². The number of hydrogen-bond donors (Lipinski definition) is 0. The monoisotopic (exact) mass is 267 g/mol. The van der Waals surface area contributed by atoms with Gasteiger partial charge in [-0.1, -0.05) is 24.3 Å². The highest BCUT2D eigenvalue weighted by molar-refractivity contribution is 6.23. The smallest absolute Gasteiger partial charge is 0.241 e. The van der Waals surface area contributed by atoms with Crippen LogP contribution in [0.3, 0.4) is 0 Å². The van der Waals surface area contributed by atoms with Gasteiger partial charge in [0.15, 0.2) is 0 Å². The Balaban J connectivity index is 1.75. The summed E-state index contributed by atoms with van der Waals surface area (Å²) in [4.78, 5) is 26.7. The molecule has 4 rings (SSSR count). The van der Waals surface area contributed by atoms with Crippen molar-refractivity contribution in [2.24, 2.45) is 17.3 Å². The van der Waals surface area contributed by atoms with Gasteiger partial charge in [0, 0.05) is 6.42 Å². The Bertz CT molecular complexity index is 648. The Morgan fingerprint density at radius 1 is 1.25 bits per heavy atom. The van der Waals surface area contributed by atoms with E-state index in [4.69, 9.17) is 0 Å². The van der Waals surface area contributed by atoms with Gasteiger partial charge >= 0.3 is 0 Å². The Labute approximate surface area is 118 Å². The Morgan fingerprint density at radius 3 is 2.75 bits per heavy atom. The fraction of sp³-hybridized carbons (Fsp3) is 0.412. The lowest BCUT2D eigenvalue weighted by Gasteiger charge is -2.28. The van der Waals surface area contributed by atoms with Crippen molar-refractivity contribution in [1.82, 2.24) is 0 Å². The second kappa shape index (κ2) is 3.81. The van der Waals surface area contributed by atoms with Crippen molar-refractivity contribution in [2.45, 2.75) is 26.2 Å². The zero-order valence-electron chi connectivity index (χ0n) is 11.5. The minimum absolute atomic E-state index is 0.0185. The number of aryl methyl sites for hydroxylation is 1. The van der Waals surface area contributed by atoms with Crippen molar-refractivity contribution in [2.75, 3.05) is 4.90 Å². The van der Waals surface area contributed by atoms with Crippen LogP contribution < -0.4 is 4.90 Å². The van der Waals surface area contributed by atoms with Crippen LogP contribution in [0.5, 0.6) is 0 Å². The topological polar surface area (TPSA) is 37.4 Å². The minimum Gasteiger partial charge on any atom is -0.274 e. The molecule has 102 valence electrons. The van der Waals surface area contributed by atoms with Crippen LogP contribution >= 0.6 is 0 Å². The number of imide groups is 1. The fourth-order valence-electron chi connectivity index (χ4n) is 4.19. The van der Waals surface area contributed by atoms with Gasteiger partial charge in [-0.25, -0.2) is 0 Å². The number of allylic oxidation sites excluding steroid dienone is 2. The molecule has 1 aliphatic heterocycles. The van der Waals surface area contributed by atoms with E-state index in [2.05, 4.69) is 12.2 Å². The quantitative estimate of drug-likeness (QED) is 0.579. The summed E-state index contributed by atoms with van der Waals surface area (Å²) in [5, 5.41) is 0. The molecule has 20 heavy (non-hydrogen) atoms. The van der Waals surface area contributed by atoms with E-state index in [0.717, 1.165) is 24.1 Å². The zero-order chi connectivity index (χ0) is 13.9. The second-order valence-corrected chi connectivity index (χ2v) is 6.40. The van der Waals surface area contributed by atoms with Gasteiger partial charge in [0.05, 0.1) is 11.1 Å². The molecule has 2 bridgehead atoms. The van der Waals surface area contributed by atoms with E-state index in [1.54, 1.807) is 0 Å². The van der Waals surface area contributed by atoms with Gasteiger partial charge in [0.25, 0.3) is 0 Å². The van der Waals surface area contributed by atoms with Crippen molar-refractivity contribution in [1.29, 1.82) is 0 Å². The first-order valence-electron chi connectivity index (χ1n) is 7.22. The predicted octanol–water partition coefficient (Wildman–Crippen LogP) is 2.84. The van der Waals surface area contributed by atoms with Crippen LogP contribution in [0.4, 0.5) is 5.69 Å². The number of anilines is 1. The molecule has 2 amide bonds. The Kier molecular flexibility index (Phi) is 2.27. The molecule has 3 heteroatoms. The van der Waals surface area contributed by atoms with Crippen molar-refractivity contribution < 1.29 is 9.59 Å². The molecular formula is C17H17NO2. The number of rotatable bonds is 1. The maximum Gasteiger partial charge on any atom is 0.241 e. The van der Waals surface area contributed by atoms with Gasteiger partial charge in [0.1, 0.15) is 0 Å². The van der Waals surface area contributed by atoms with E-state index in [1.165, 1.54) is 4.90 Å². The van der Waals surface area contributed by atoms with Crippen molar-refractivity contribution in [3.05, 3.63) is 42.0 Å². The van der Waals surface area contributed by atoms with Gasteiger partial charge in [0.2, 0.25) is 11.8 Å². The number of nitrogens with zero attached hydrogens (tertiary/aromatic N) is 1. The summed E-state index contributed by atoms with van der Waals surface area (Å²) in [5.41, 5.74) is 1.35. The van der Waals surface area contributed by atoms with Crippen molar-refractivity contribution >= 4 is 17.5 Å². The third-order valence-corrected chi connectivity index (χ3v) is 5.11. The molecule has 2 aliphatic carbocycles. The van der Waals surface area contributed by atoms with E-state index in [9.17, 15) is 9.59 Å². The summed E-state index contributed by atoms with van der Waals surface area (Å²) in [5.74, 6) is 0.736. The summed E-state index contributed by atoms with van der Waals surface area (Å²) in [6, 6.07) is 7.64. The van der Waals surface area contributed by atoms with Gasteiger partial charge in [-0.3, -0.25) is 14.5 Å². The molecule has 0 N–H and O–H groups in total. The van der Waals surface area contributed by atoms with Crippen LogP contribution in [0.25, 0.3) is 0 Å². The summed E-state index contributed by atoms with van der Waals surface area (Å²) < 4.78 is 0. The molecule has 2 fully saturated rings. The predicted molar refractivity (Wildman–Crippen MR) is 76.1 cm³/mol. The third-order valence-electron chi connectivity index (χ3n) is 5.11. The van der Waals surface area contributed by atoms with Gasteiger partial charge in [-0.05, 0) is 49.3 Å². The molecular weight excluding hydrogens is 250 g/mol. The molecule has 3 atom stereocenters. The summed E-state index contributed by atoms with van der Waals surface area (Å²) in [7, 11) is 0. The van der Waals surface area contributed by atoms with Crippen LogP contribution in [-0.2, 0) is 9.59 Å². The van der Waals surface area contributed by atoms with E-state index < -0.39 is 5.41 Å². The molecule has 3 aliphatic rings. The number of carbonyl (C=O) groups excluding carboxylic acids is 2. The first kappa shape index (κ1) is 11.9. The zero-order valence-corrected chi connectivity index (χ0v) is 11.5. The Hall–Kier alpha value is -1.90. The summed E-state index contributed by atoms with van der Waals surface area (Å²) in [6.45, 7) is 1.98. The fourth-order valence-corrected chi connectivity index (χ4v) is 4.19. The highest BCUT2D eigenvalue weighted by Crippen LogP contribution is 2.57. The molecule has 0 aromatic heterocycles. The number of benzene rings is 1. The number of fused-ring (bicyclic) bond motifs is 3. The molecule has 1 spiro atoms. The first-order chi connectivity index (χ1) is 9.60. The number of amides is 2. The highest BCUT2D eigenvalue weighted by Gasteiger charge is 2.60. The van der Waals surface area contributed by atoms with Crippen molar-refractivity contribution in [3.63, 3.8) is 0 Å². The molecule has 0 radical (unpaired) electrons. The molecule has 1 saturated heterocycles. The van der Waals surface area contributed by atoms with E-state index in [-0.39, 0.29) is 17.7 Å². The standard InChI is InChI=1S/C17H17NO2/c1-11-3-2-4-14(7-11)18-15(19)10-17(16(18)20)9-12-5-6-13(17)8-12/h2-7,12-13H,8-10H2,1H3. The van der Waals surface area contributed by atoms with Crippen LogP contribution in [0.2, 0.25) is 0 Å². The lowest BCUT2D eigenvalue weighted by atomic mass is 9.74. The summed E-state index contributed by atoms with van der Waals surface area (Å²) >= 11 is 0. The first-order valence-corrected chi connectivity index (χ1v) is 7.22. The molecule has 1 saturated carbocycles.